The molecule has 1 aromatic rings. The van der Waals surface area contributed by atoms with Crippen LogP contribution in [-0.4, -0.2) is 34.9 Å². The number of nitrogens with one attached hydrogen (secondary N) is 1. The zero-order chi connectivity index (χ0) is 13.2. The van der Waals surface area contributed by atoms with E-state index in [4.69, 9.17) is 0 Å². The van der Waals surface area contributed by atoms with Gasteiger partial charge < -0.3 is 10.2 Å². The predicted octanol–water partition coefficient (Wildman–Crippen LogP) is 2.53. The maximum absolute atomic E-state index is 12.5. The largest absolute Gasteiger partial charge is 0.384 e. The van der Waals surface area contributed by atoms with Gasteiger partial charge in [0.25, 0.3) is 5.91 Å². The van der Waals surface area contributed by atoms with E-state index >= 15 is 0 Å². The lowest BCUT2D eigenvalue weighted by molar-refractivity contribution is 0.0729. The normalized spacial score (nSPS) is 18.2. The molecule has 2 fully saturated rings. The monoisotopic (exact) mass is 259 g/mol. The van der Waals surface area contributed by atoms with Crippen molar-refractivity contribution in [3.8, 4) is 0 Å². The summed E-state index contributed by atoms with van der Waals surface area (Å²) in [5.74, 6) is 0.850. The standard InChI is InChI=1S/C15H21N3O/c1-2-16-12-5-8-14(17-9-12)15(19)18(13-6-7-13)10-11-3-4-11/h5,8-9,11,13,16H,2-4,6-7,10H2,1H3. The van der Waals surface area contributed by atoms with Gasteiger partial charge in [-0.3, -0.25) is 4.79 Å². The SMILES string of the molecule is CCNc1ccc(C(=O)N(CC2CC2)C2CC2)nc1. The molecule has 3 rings (SSSR count). The van der Waals surface area contributed by atoms with Gasteiger partial charge in [-0.2, -0.15) is 0 Å². The van der Waals surface area contributed by atoms with Crippen molar-refractivity contribution in [3.05, 3.63) is 24.0 Å². The molecule has 4 nitrogen and oxygen atoms in total. The molecule has 0 unspecified atom stereocenters. The molecular formula is C15H21N3O. The minimum absolute atomic E-state index is 0.109. The van der Waals surface area contributed by atoms with Crippen molar-refractivity contribution in [2.75, 3.05) is 18.4 Å². The van der Waals surface area contributed by atoms with Gasteiger partial charge in [0.05, 0.1) is 11.9 Å². The number of hydrogen-bond acceptors (Lipinski definition) is 3. The number of rotatable bonds is 6. The Hall–Kier alpha value is -1.58. The van der Waals surface area contributed by atoms with Crippen molar-refractivity contribution in [1.29, 1.82) is 0 Å². The fourth-order valence-corrected chi connectivity index (χ4v) is 2.34. The van der Waals surface area contributed by atoms with Gasteiger partial charge in [-0.25, -0.2) is 4.98 Å². The zero-order valence-corrected chi connectivity index (χ0v) is 11.4. The Kier molecular flexibility index (Phi) is 3.40. The van der Waals surface area contributed by atoms with Gasteiger partial charge in [0.15, 0.2) is 0 Å². The molecule has 0 spiro atoms. The first-order valence-corrected chi connectivity index (χ1v) is 7.29. The van der Waals surface area contributed by atoms with E-state index in [9.17, 15) is 4.79 Å². The predicted molar refractivity (Wildman–Crippen MR) is 75.2 cm³/mol. The van der Waals surface area contributed by atoms with Crippen LogP contribution in [-0.2, 0) is 0 Å². The number of anilines is 1. The second kappa shape index (κ2) is 5.19. The molecule has 0 aromatic carbocycles. The van der Waals surface area contributed by atoms with E-state index < -0.39 is 0 Å². The number of nitrogens with zero attached hydrogens (tertiary/aromatic N) is 2. The first-order chi connectivity index (χ1) is 9.28. The van der Waals surface area contributed by atoms with Crippen molar-refractivity contribution >= 4 is 11.6 Å². The topological polar surface area (TPSA) is 45.2 Å². The third-order valence-electron chi connectivity index (χ3n) is 3.76. The Bertz CT molecular complexity index is 449. The first kappa shape index (κ1) is 12.5. The molecule has 0 atom stereocenters. The Morgan fingerprint density at radius 3 is 2.68 bits per heavy atom. The quantitative estimate of drug-likeness (QED) is 0.854. The lowest BCUT2D eigenvalue weighted by atomic mass is 10.2. The lowest BCUT2D eigenvalue weighted by Gasteiger charge is -2.22. The molecule has 19 heavy (non-hydrogen) atoms. The molecule has 0 radical (unpaired) electrons. The van der Waals surface area contributed by atoms with Crippen LogP contribution in [0.2, 0.25) is 0 Å². The molecule has 0 aliphatic heterocycles. The molecule has 1 N–H and O–H groups in total. The number of aromatic nitrogens is 1. The lowest BCUT2D eigenvalue weighted by Crippen LogP contribution is -2.35. The summed E-state index contributed by atoms with van der Waals surface area (Å²) in [7, 11) is 0. The molecule has 4 heteroatoms. The molecular weight excluding hydrogens is 238 g/mol. The highest BCUT2D eigenvalue weighted by molar-refractivity contribution is 5.93. The highest BCUT2D eigenvalue weighted by atomic mass is 16.2. The maximum Gasteiger partial charge on any atom is 0.272 e. The smallest absolute Gasteiger partial charge is 0.272 e. The molecule has 1 aromatic heterocycles. The molecule has 1 amide bonds. The molecule has 0 bridgehead atoms. The van der Waals surface area contributed by atoms with Crippen LogP contribution in [0.15, 0.2) is 18.3 Å². The Balaban J connectivity index is 1.69. The number of hydrogen-bond donors (Lipinski definition) is 1. The fraction of sp³-hybridized carbons (Fsp3) is 0.600. The summed E-state index contributed by atoms with van der Waals surface area (Å²) in [5, 5.41) is 3.19. The maximum atomic E-state index is 12.5. The van der Waals surface area contributed by atoms with E-state index in [0.717, 1.165) is 37.5 Å². The van der Waals surface area contributed by atoms with Gasteiger partial charge in [-0.15, -0.1) is 0 Å². The van der Waals surface area contributed by atoms with E-state index in [2.05, 4.69) is 10.3 Å². The minimum Gasteiger partial charge on any atom is -0.384 e. The summed E-state index contributed by atoms with van der Waals surface area (Å²) < 4.78 is 0. The van der Waals surface area contributed by atoms with Crippen molar-refractivity contribution < 1.29 is 4.79 Å². The second-order valence-electron chi connectivity index (χ2n) is 5.59. The summed E-state index contributed by atoms with van der Waals surface area (Å²) in [6.07, 6.45) is 6.63. The van der Waals surface area contributed by atoms with Gasteiger partial charge in [0.1, 0.15) is 5.69 Å². The van der Waals surface area contributed by atoms with Crippen molar-refractivity contribution in [2.24, 2.45) is 5.92 Å². The van der Waals surface area contributed by atoms with Crippen LogP contribution in [0.4, 0.5) is 5.69 Å². The molecule has 2 aliphatic rings. The van der Waals surface area contributed by atoms with Crippen molar-refractivity contribution in [1.82, 2.24) is 9.88 Å². The third-order valence-corrected chi connectivity index (χ3v) is 3.76. The average molecular weight is 259 g/mol. The second-order valence-corrected chi connectivity index (χ2v) is 5.59. The van der Waals surface area contributed by atoms with Crippen LogP contribution in [0, 0.1) is 5.92 Å². The van der Waals surface area contributed by atoms with Crippen LogP contribution in [0.3, 0.4) is 0 Å². The first-order valence-electron chi connectivity index (χ1n) is 7.29. The van der Waals surface area contributed by atoms with Crippen LogP contribution >= 0.6 is 0 Å². The third kappa shape index (κ3) is 3.06. The van der Waals surface area contributed by atoms with Crippen LogP contribution < -0.4 is 5.32 Å². The van der Waals surface area contributed by atoms with Gasteiger partial charge in [-0.1, -0.05) is 0 Å². The molecule has 2 saturated carbocycles. The Labute approximate surface area is 114 Å². The van der Waals surface area contributed by atoms with Crippen molar-refractivity contribution in [2.45, 2.75) is 38.6 Å². The van der Waals surface area contributed by atoms with E-state index in [1.807, 2.05) is 24.0 Å². The summed E-state index contributed by atoms with van der Waals surface area (Å²) in [4.78, 5) is 18.9. The van der Waals surface area contributed by atoms with Crippen LogP contribution in [0.1, 0.15) is 43.1 Å². The molecule has 1 heterocycles. The van der Waals surface area contributed by atoms with Gasteiger partial charge in [-0.05, 0) is 50.7 Å². The summed E-state index contributed by atoms with van der Waals surface area (Å²) in [6.45, 7) is 3.84. The highest BCUT2D eigenvalue weighted by Gasteiger charge is 2.37. The molecule has 2 aliphatic carbocycles. The number of carbonyl (C=O) groups excluding carboxylic acids is 1. The van der Waals surface area contributed by atoms with Gasteiger partial charge in [0.2, 0.25) is 0 Å². The summed E-state index contributed by atoms with van der Waals surface area (Å²) >= 11 is 0. The van der Waals surface area contributed by atoms with E-state index in [1.165, 1.54) is 12.8 Å². The Morgan fingerprint density at radius 1 is 1.37 bits per heavy atom. The van der Waals surface area contributed by atoms with E-state index in [0.29, 0.717) is 11.7 Å². The van der Waals surface area contributed by atoms with E-state index in [1.54, 1.807) is 6.20 Å². The Morgan fingerprint density at radius 2 is 2.16 bits per heavy atom. The average Bonchev–Trinajstić information content (AvgIpc) is 3.28. The van der Waals surface area contributed by atoms with Crippen LogP contribution in [0.5, 0.6) is 0 Å². The fourth-order valence-electron chi connectivity index (χ4n) is 2.34. The van der Waals surface area contributed by atoms with Gasteiger partial charge >= 0.3 is 0 Å². The molecule has 102 valence electrons. The summed E-state index contributed by atoms with van der Waals surface area (Å²) in [6, 6.07) is 4.25. The number of amides is 1. The van der Waals surface area contributed by atoms with Gasteiger partial charge in [0, 0.05) is 19.1 Å². The molecule has 0 saturated heterocycles. The summed E-state index contributed by atoms with van der Waals surface area (Å²) in [5.41, 5.74) is 1.55. The highest BCUT2D eigenvalue weighted by Crippen LogP contribution is 2.35. The van der Waals surface area contributed by atoms with Crippen LogP contribution in [0.25, 0.3) is 0 Å². The number of pyridine rings is 1. The van der Waals surface area contributed by atoms with Crippen molar-refractivity contribution in [3.63, 3.8) is 0 Å². The number of carbonyl (C=O) groups is 1. The zero-order valence-electron chi connectivity index (χ0n) is 11.4. The minimum atomic E-state index is 0.109. The van der Waals surface area contributed by atoms with E-state index in [-0.39, 0.29) is 5.91 Å².